The van der Waals surface area contributed by atoms with Gasteiger partial charge in [0.15, 0.2) is 0 Å². The van der Waals surface area contributed by atoms with Crippen molar-refractivity contribution in [2.24, 2.45) is 4.99 Å². The van der Waals surface area contributed by atoms with Crippen molar-refractivity contribution in [2.45, 2.75) is 11.8 Å². The molecule has 2 heterocycles. The van der Waals surface area contributed by atoms with Crippen molar-refractivity contribution in [3.63, 3.8) is 0 Å². The van der Waals surface area contributed by atoms with Crippen LogP contribution in [0, 0.1) is 0 Å². The normalized spacial score (nSPS) is 22.0. The highest BCUT2D eigenvalue weighted by molar-refractivity contribution is 7.90. The molecule has 23 heavy (non-hydrogen) atoms. The Hall–Kier alpha value is -1.93. The molecule has 8 heteroatoms. The third kappa shape index (κ3) is 3.23. The number of piperazine rings is 1. The fourth-order valence-electron chi connectivity index (χ4n) is 2.81. The molecule has 2 aliphatic heterocycles. The van der Waals surface area contributed by atoms with Crippen molar-refractivity contribution in [1.82, 2.24) is 14.5 Å². The Morgan fingerprint density at radius 3 is 2.61 bits per heavy atom. The molecule has 2 aliphatic rings. The van der Waals surface area contributed by atoms with Crippen LogP contribution in [0.4, 0.5) is 0 Å². The van der Waals surface area contributed by atoms with E-state index in [0.29, 0.717) is 18.7 Å². The van der Waals surface area contributed by atoms with Crippen LogP contribution in [0.1, 0.15) is 12.5 Å². The van der Waals surface area contributed by atoms with Crippen molar-refractivity contribution in [2.75, 3.05) is 39.3 Å². The van der Waals surface area contributed by atoms with Crippen molar-refractivity contribution < 1.29 is 13.2 Å². The number of nitrogens with one attached hydrogen (secondary N) is 1. The van der Waals surface area contributed by atoms with Gasteiger partial charge >= 0.3 is 0 Å². The standard InChI is InChI=1S/C15H20N4O3S/c1-2-18-7-9-19(10-8-18)14(20)11-16-15-12-5-3-4-6-13(12)23(21,22)17-15/h3-6H,2,7-11H2,1H3,(H,16,17). The number of aliphatic imine (C=N–C) groups is 1. The van der Waals surface area contributed by atoms with Crippen LogP contribution >= 0.6 is 0 Å². The zero-order valence-electron chi connectivity index (χ0n) is 13.0. The summed E-state index contributed by atoms with van der Waals surface area (Å²) in [5.74, 6) is 0.179. The lowest BCUT2D eigenvalue weighted by molar-refractivity contribution is -0.131. The van der Waals surface area contributed by atoms with Gasteiger partial charge in [-0.25, -0.2) is 8.42 Å². The lowest BCUT2D eigenvalue weighted by atomic mass is 10.2. The third-order valence-electron chi connectivity index (χ3n) is 4.21. The lowest BCUT2D eigenvalue weighted by Crippen LogP contribution is -2.49. The van der Waals surface area contributed by atoms with E-state index in [1.54, 1.807) is 23.1 Å². The Bertz CT molecular complexity index is 737. The summed E-state index contributed by atoms with van der Waals surface area (Å²) in [5, 5.41) is 0. The Morgan fingerprint density at radius 1 is 1.22 bits per heavy atom. The molecule has 1 amide bonds. The lowest BCUT2D eigenvalue weighted by Gasteiger charge is -2.33. The average molecular weight is 336 g/mol. The number of benzene rings is 1. The summed E-state index contributed by atoms with van der Waals surface area (Å²) in [5.41, 5.74) is 0.524. The molecule has 0 unspecified atom stereocenters. The van der Waals surface area contributed by atoms with Gasteiger partial charge in [0.25, 0.3) is 10.0 Å². The molecule has 1 aromatic rings. The number of amides is 1. The highest BCUT2D eigenvalue weighted by Gasteiger charge is 2.30. The van der Waals surface area contributed by atoms with Crippen LogP contribution in [0.15, 0.2) is 34.2 Å². The number of fused-ring (bicyclic) bond motifs is 1. The van der Waals surface area contributed by atoms with Crippen molar-refractivity contribution in [3.8, 4) is 0 Å². The molecule has 3 rings (SSSR count). The van der Waals surface area contributed by atoms with Gasteiger partial charge in [-0.2, -0.15) is 0 Å². The second kappa shape index (κ2) is 6.29. The summed E-state index contributed by atoms with van der Waals surface area (Å²) in [6.07, 6.45) is 0. The zero-order valence-corrected chi connectivity index (χ0v) is 13.8. The van der Waals surface area contributed by atoms with Crippen molar-refractivity contribution in [3.05, 3.63) is 29.8 Å². The highest BCUT2D eigenvalue weighted by atomic mass is 32.2. The van der Waals surface area contributed by atoms with Gasteiger partial charge < -0.3 is 9.80 Å². The molecule has 0 saturated carbocycles. The predicted molar refractivity (Wildman–Crippen MR) is 86.9 cm³/mol. The first kappa shape index (κ1) is 15.9. The number of hydrogen-bond donors (Lipinski definition) is 1. The fourth-order valence-corrected chi connectivity index (χ4v) is 4.06. The molecule has 1 saturated heterocycles. The number of hydrogen-bond acceptors (Lipinski definition) is 5. The Morgan fingerprint density at radius 2 is 1.91 bits per heavy atom. The summed E-state index contributed by atoms with van der Waals surface area (Å²) in [6, 6.07) is 6.64. The molecular formula is C15H20N4O3S. The second-order valence-corrected chi connectivity index (χ2v) is 7.23. The fraction of sp³-hybridized carbons (Fsp3) is 0.467. The van der Waals surface area contributed by atoms with Crippen LogP contribution in [0.2, 0.25) is 0 Å². The Kier molecular flexibility index (Phi) is 4.36. The number of carbonyl (C=O) groups is 1. The Balaban J connectivity index is 1.69. The SMILES string of the molecule is CCN1CCN(C(=O)CN=C2NS(=O)(=O)c3ccccc32)CC1. The van der Waals surface area contributed by atoms with Gasteiger partial charge in [-0.1, -0.05) is 19.1 Å². The quantitative estimate of drug-likeness (QED) is 0.835. The van der Waals surface area contributed by atoms with Crippen LogP contribution in [0.25, 0.3) is 0 Å². The molecule has 0 aromatic heterocycles. The number of likely N-dealkylation sites (N-methyl/N-ethyl adjacent to an activating group) is 1. The molecule has 1 fully saturated rings. The van der Waals surface area contributed by atoms with Crippen LogP contribution in [-0.4, -0.2) is 69.2 Å². The van der Waals surface area contributed by atoms with Crippen LogP contribution in [0.3, 0.4) is 0 Å². The molecule has 0 radical (unpaired) electrons. The number of carbonyl (C=O) groups excluding carboxylic acids is 1. The van der Waals surface area contributed by atoms with E-state index < -0.39 is 10.0 Å². The first-order valence-corrected chi connectivity index (χ1v) is 9.16. The van der Waals surface area contributed by atoms with E-state index in [4.69, 9.17) is 0 Å². The smallest absolute Gasteiger partial charge is 0.263 e. The second-order valence-electron chi connectivity index (χ2n) is 5.58. The van der Waals surface area contributed by atoms with Crippen molar-refractivity contribution in [1.29, 1.82) is 0 Å². The van der Waals surface area contributed by atoms with Crippen LogP contribution < -0.4 is 4.72 Å². The number of rotatable bonds is 3. The predicted octanol–water partition coefficient (Wildman–Crippen LogP) is -0.111. The first-order chi connectivity index (χ1) is 11.0. The van der Waals surface area contributed by atoms with Gasteiger partial charge in [0.2, 0.25) is 5.91 Å². The number of sulfonamides is 1. The van der Waals surface area contributed by atoms with Crippen molar-refractivity contribution >= 4 is 21.8 Å². The molecule has 1 aromatic carbocycles. The summed E-state index contributed by atoms with van der Waals surface area (Å²) in [4.78, 5) is 20.7. The molecule has 0 aliphatic carbocycles. The first-order valence-electron chi connectivity index (χ1n) is 7.68. The van der Waals surface area contributed by atoms with E-state index in [-0.39, 0.29) is 23.2 Å². The minimum absolute atomic E-state index is 0.0433. The molecule has 0 bridgehead atoms. The highest BCUT2D eigenvalue weighted by Crippen LogP contribution is 2.22. The van der Waals surface area contributed by atoms with E-state index in [1.165, 1.54) is 6.07 Å². The maximum absolute atomic E-state index is 12.2. The summed E-state index contributed by atoms with van der Waals surface area (Å²) < 4.78 is 26.4. The van der Waals surface area contributed by atoms with E-state index in [0.717, 1.165) is 19.6 Å². The summed E-state index contributed by atoms with van der Waals surface area (Å²) in [6.45, 7) is 6.18. The van der Waals surface area contributed by atoms with E-state index >= 15 is 0 Å². The Labute approximate surface area is 136 Å². The largest absolute Gasteiger partial charge is 0.339 e. The van der Waals surface area contributed by atoms with E-state index in [1.807, 2.05) is 0 Å². The van der Waals surface area contributed by atoms with Gasteiger partial charge in [-0.3, -0.25) is 14.5 Å². The maximum Gasteiger partial charge on any atom is 0.263 e. The number of nitrogens with zero attached hydrogens (tertiary/aromatic N) is 3. The van der Waals surface area contributed by atoms with Gasteiger partial charge in [-0.15, -0.1) is 0 Å². The van der Waals surface area contributed by atoms with Crippen LogP contribution in [0.5, 0.6) is 0 Å². The molecule has 1 N–H and O–H groups in total. The minimum Gasteiger partial charge on any atom is -0.339 e. The average Bonchev–Trinajstić information content (AvgIpc) is 2.84. The maximum atomic E-state index is 12.2. The molecule has 0 atom stereocenters. The molecule has 7 nitrogen and oxygen atoms in total. The molecule has 124 valence electrons. The van der Waals surface area contributed by atoms with Crippen LogP contribution in [-0.2, 0) is 14.8 Å². The summed E-state index contributed by atoms with van der Waals surface area (Å²) in [7, 11) is -3.55. The summed E-state index contributed by atoms with van der Waals surface area (Å²) >= 11 is 0. The zero-order chi connectivity index (χ0) is 16.4. The van der Waals surface area contributed by atoms with E-state index in [9.17, 15) is 13.2 Å². The van der Waals surface area contributed by atoms with Gasteiger partial charge in [0, 0.05) is 31.7 Å². The van der Waals surface area contributed by atoms with E-state index in [2.05, 4.69) is 21.5 Å². The topological polar surface area (TPSA) is 82.1 Å². The minimum atomic E-state index is -3.55. The van der Waals surface area contributed by atoms with Gasteiger partial charge in [0.05, 0.1) is 4.90 Å². The monoisotopic (exact) mass is 336 g/mol. The molecular weight excluding hydrogens is 316 g/mol. The molecule has 0 spiro atoms. The van der Waals surface area contributed by atoms with Gasteiger partial charge in [-0.05, 0) is 18.7 Å². The van der Waals surface area contributed by atoms with Gasteiger partial charge in [0.1, 0.15) is 12.4 Å². The third-order valence-corrected chi connectivity index (χ3v) is 5.60. The number of amidine groups is 1.